The number of anilines is 1. The molecule has 5 nitrogen and oxygen atoms in total. The molecule has 0 aromatic heterocycles. The van der Waals surface area contributed by atoms with Crippen LogP contribution in [0, 0.1) is 6.92 Å². The standard InChI is InChI=1S/C22H25NO4/c1-14(2)19-13-20(15(3)11-21(19)25)23-22(26)12-17(24)8-5-16-6-9-18(27-4)10-7-16/h5-11,13-14,25H,12H2,1-4H3,(H,23,26)/b8-5+. The van der Waals surface area contributed by atoms with Crippen LogP contribution < -0.4 is 10.1 Å². The highest BCUT2D eigenvalue weighted by molar-refractivity contribution is 6.09. The minimum atomic E-state index is -0.386. The first-order chi connectivity index (χ1) is 12.8. The number of rotatable bonds is 7. The quantitative estimate of drug-likeness (QED) is 0.431. The Morgan fingerprint density at radius 2 is 1.85 bits per heavy atom. The van der Waals surface area contributed by atoms with Crippen molar-refractivity contribution in [2.75, 3.05) is 12.4 Å². The second kappa shape index (κ2) is 9.03. The van der Waals surface area contributed by atoms with Crippen LogP contribution >= 0.6 is 0 Å². The molecule has 2 aromatic rings. The number of allylic oxidation sites excluding steroid dienone is 1. The minimum absolute atomic E-state index is 0.121. The Morgan fingerprint density at radius 1 is 1.19 bits per heavy atom. The molecule has 0 aliphatic carbocycles. The lowest BCUT2D eigenvalue weighted by Crippen LogP contribution is -2.16. The van der Waals surface area contributed by atoms with Crippen molar-refractivity contribution in [1.82, 2.24) is 0 Å². The largest absolute Gasteiger partial charge is 0.508 e. The van der Waals surface area contributed by atoms with Crippen molar-refractivity contribution < 1.29 is 19.4 Å². The molecule has 0 saturated heterocycles. The molecule has 0 radical (unpaired) electrons. The molecular formula is C22H25NO4. The van der Waals surface area contributed by atoms with E-state index in [9.17, 15) is 14.7 Å². The Balaban J connectivity index is 1.99. The Kier molecular flexibility index (Phi) is 6.77. The first kappa shape index (κ1) is 20.2. The molecular weight excluding hydrogens is 342 g/mol. The third-order valence-corrected chi connectivity index (χ3v) is 4.18. The smallest absolute Gasteiger partial charge is 0.232 e. The van der Waals surface area contributed by atoms with Gasteiger partial charge in [0.15, 0.2) is 5.78 Å². The topological polar surface area (TPSA) is 75.6 Å². The number of ether oxygens (including phenoxy) is 1. The molecule has 1 amide bonds. The summed E-state index contributed by atoms with van der Waals surface area (Å²) in [5.41, 5.74) is 2.95. The van der Waals surface area contributed by atoms with Gasteiger partial charge in [-0.05, 0) is 59.9 Å². The molecule has 2 N–H and O–H groups in total. The van der Waals surface area contributed by atoms with E-state index >= 15 is 0 Å². The number of hydrogen-bond acceptors (Lipinski definition) is 4. The highest BCUT2D eigenvalue weighted by atomic mass is 16.5. The average molecular weight is 367 g/mol. The van der Waals surface area contributed by atoms with Gasteiger partial charge >= 0.3 is 0 Å². The zero-order valence-electron chi connectivity index (χ0n) is 16.1. The van der Waals surface area contributed by atoms with Gasteiger partial charge in [0.05, 0.1) is 13.5 Å². The summed E-state index contributed by atoms with van der Waals surface area (Å²) in [6, 6.07) is 10.6. The summed E-state index contributed by atoms with van der Waals surface area (Å²) >= 11 is 0. The zero-order valence-corrected chi connectivity index (χ0v) is 16.1. The van der Waals surface area contributed by atoms with E-state index in [1.807, 2.05) is 26.0 Å². The molecule has 0 heterocycles. The van der Waals surface area contributed by atoms with Gasteiger partial charge in [-0.2, -0.15) is 0 Å². The maximum atomic E-state index is 12.2. The van der Waals surface area contributed by atoms with Crippen LogP contribution in [0.5, 0.6) is 11.5 Å². The van der Waals surface area contributed by atoms with Crippen LogP contribution in [0.3, 0.4) is 0 Å². The monoisotopic (exact) mass is 367 g/mol. The lowest BCUT2D eigenvalue weighted by Gasteiger charge is -2.14. The summed E-state index contributed by atoms with van der Waals surface area (Å²) in [5, 5.41) is 12.7. The molecule has 0 aliphatic heterocycles. The van der Waals surface area contributed by atoms with Crippen LogP contribution in [0.15, 0.2) is 42.5 Å². The molecule has 0 fully saturated rings. The number of aryl methyl sites for hydroxylation is 1. The van der Waals surface area contributed by atoms with E-state index in [1.165, 1.54) is 6.08 Å². The number of phenolic OH excluding ortho intramolecular Hbond substituents is 1. The zero-order chi connectivity index (χ0) is 20.0. The van der Waals surface area contributed by atoms with Gasteiger partial charge in [-0.3, -0.25) is 9.59 Å². The van der Waals surface area contributed by atoms with Gasteiger partial charge < -0.3 is 15.2 Å². The Labute approximate surface area is 159 Å². The number of carbonyl (C=O) groups is 2. The molecule has 5 heteroatoms. The molecule has 0 saturated carbocycles. The number of carbonyl (C=O) groups excluding carboxylic acids is 2. The number of ketones is 1. The van der Waals surface area contributed by atoms with Gasteiger partial charge in [0.25, 0.3) is 0 Å². The number of nitrogens with one attached hydrogen (secondary N) is 1. The van der Waals surface area contributed by atoms with Crippen LogP contribution in [0.25, 0.3) is 6.08 Å². The predicted molar refractivity (Wildman–Crippen MR) is 107 cm³/mol. The molecule has 142 valence electrons. The first-order valence-corrected chi connectivity index (χ1v) is 8.78. The molecule has 2 rings (SSSR count). The lowest BCUT2D eigenvalue weighted by molar-refractivity contribution is -0.122. The van der Waals surface area contributed by atoms with Gasteiger partial charge in [0.1, 0.15) is 11.5 Å². The maximum absolute atomic E-state index is 12.2. The third kappa shape index (κ3) is 5.71. The Morgan fingerprint density at radius 3 is 2.44 bits per heavy atom. The van der Waals surface area contributed by atoms with Crippen molar-refractivity contribution in [2.24, 2.45) is 0 Å². The van der Waals surface area contributed by atoms with Crippen molar-refractivity contribution in [2.45, 2.75) is 33.1 Å². The summed E-state index contributed by atoms with van der Waals surface area (Å²) in [6.07, 6.45) is 2.81. The molecule has 0 bridgehead atoms. The number of amides is 1. The molecule has 0 spiro atoms. The second-order valence-electron chi connectivity index (χ2n) is 6.68. The van der Waals surface area contributed by atoms with E-state index in [1.54, 1.807) is 44.4 Å². The van der Waals surface area contributed by atoms with E-state index in [0.29, 0.717) is 5.69 Å². The van der Waals surface area contributed by atoms with Crippen LogP contribution in [-0.4, -0.2) is 23.9 Å². The van der Waals surface area contributed by atoms with E-state index in [0.717, 1.165) is 22.4 Å². The van der Waals surface area contributed by atoms with Gasteiger partial charge in [0, 0.05) is 5.69 Å². The normalized spacial score (nSPS) is 11.0. The number of phenols is 1. The second-order valence-corrected chi connectivity index (χ2v) is 6.68. The number of aromatic hydroxyl groups is 1. The summed E-state index contributed by atoms with van der Waals surface area (Å²) in [5.74, 6) is 0.393. The van der Waals surface area contributed by atoms with Crippen molar-refractivity contribution in [3.63, 3.8) is 0 Å². The fourth-order valence-electron chi connectivity index (χ4n) is 2.62. The van der Waals surface area contributed by atoms with Crippen molar-refractivity contribution in [3.8, 4) is 11.5 Å². The van der Waals surface area contributed by atoms with Crippen molar-refractivity contribution in [1.29, 1.82) is 0 Å². The van der Waals surface area contributed by atoms with Crippen LogP contribution in [-0.2, 0) is 9.59 Å². The van der Waals surface area contributed by atoms with Gasteiger partial charge in [-0.1, -0.05) is 32.1 Å². The fraction of sp³-hybridized carbons (Fsp3) is 0.273. The summed E-state index contributed by atoms with van der Waals surface area (Å²) < 4.78 is 5.08. The highest BCUT2D eigenvalue weighted by Gasteiger charge is 2.13. The Bertz CT molecular complexity index is 851. The summed E-state index contributed by atoms with van der Waals surface area (Å²) in [7, 11) is 1.59. The number of benzene rings is 2. The lowest BCUT2D eigenvalue weighted by atomic mass is 9.99. The molecule has 2 aromatic carbocycles. The van der Waals surface area contributed by atoms with Gasteiger partial charge in [0.2, 0.25) is 5.91 Å². The van der Waals surface area contributed by atoms with Crippen LogP contribution in [0.2, 0.25) is 0 Å². The molecule has 0 unspecified atom stereocenters. The third-order valence-electron chi connectivity index (χ3n) is 4.18. The highest BCUT2D eigenvalue weighted by Crippen LogP contribution is 2.31. The van der Waals surface area contributed by atoms with Gasteiger partial charge in [-0.25, -0.2) is 0 Å². The SMILES string of the molecule is COc1ccc(/C=C/C(=O)CC(=O)Nc2cc(C(C)C)c(O)cc2C)cc1. The number of hydrogen-bond donors (Lipinski definition) is 2. The molecule has 27 heavy (non-hydrogen) atoms. The van der Waals surface area contributed by atoms with Crippen LogP contribution in [0.4, 0.5) is 5.69 Å². The van der Waals surface area contributed by atoms with E-state index in [2.05, 4.69) is 5.32 Å². The number of methoxy groups -OCH3 is 1. The predicted octanol–water partition coefficient (Wildman–Crippen LogP) is 4.44. The summed E-state index contributed by atoms with van der Waals surface area (Å²) in [4.78, 5) is 24.2. The van der Waals surface area contributed by atoms with E-state index in [4.69, 9.17) is 4.74 Å². The average Bonchev–Trinajstić information content (AvgIpc) is 2.62. The van der Waals surface area contributed by atoms with Gasteiger partial charge in [-0.15, -0.1) is 0 Å². The van der Waals surface area contributed by atoms with Crippen LogP contribution in [0.1, 0.15) is 42.9 Å². The van der Waals surface area contributed by atoms with Crippen molar-refractivity contribution in [3.05, 3.63) is 59.2 Å². The van der Waals surface area contributed by atoms with Crippen molar-refractivity contribution >= 4 is 23.5 Å². The molecule has 0 atom stereocenters. The maximum Gasteiger partial charge on any atom is 0.232 e. The summed E-state index contributed by atoms with van der Waals surface area (Å²) in [6.45, 7) is 5.72. The fourth-order valence-corrected chi connectivity index (χ4v) is 2.62. The van der Waals surface area contributed by atoms with E-state index < -0.39 is 0 Å². The molecule has 0 aliphatic rings. The minimum Gasteiger partial charge on any atom is -0.508 e. The first-order valence-electron chi connectivity index (χ1n) is 8.78. The van der Waals surface area contributed by atoms with E-state index in [-0.39, 0.29) is 29.8 Å². The Hall–Kier alpha value is -3.08.